The fraction of sp³-hybridized carbons (Fsp3) is 0.615. The summed E-state index contributed by atoms with van der Waals surface area (Å²) >= 11 is 0. The second kappa shape index (κ2) is 5.76. The molecule has 0 aromatic carbocycles. The molecule has 0 radical (unpaired) electrons. The van der Waals surface area contributed by atoms with Gasteiger partial charge in [-0.25, -0.2) is 4.98 Å². The molecule has 1 N–H and O–H groups in total. The van der Waals surface area contributed by atoms with Gasteiger partial charge in [0.15, 0.2) is 0 Å². The predicted octanol–water partition coefficient (Wildman–Crippen LogP) is 2.64. The molecule has 1 aromatic rings. The van der Waals surface area contributed by atoms with Gasteiger partial charge in [-0.15, -0.1) is 0 Å². The van der Waals surface area contributed by atoms with Gasteiger partial charge in [-0.1, -0.05) is 12.8 Å². The van der Waals surface area contributed by atoms with E-state index in [1.165, 1.54) is 12.4 Å². The average molecular weight is 287 g/mol. The van der Waals surface area contributed by atoms with Gasteiger partial charge in [-0.2, -0.15) is 13.2 Å². The van der Waals surface area contributed by atoms with E-state index in [1.807, 2.05) is 0 Å². The summed E-state index contributed by atoms with van der Waals surface area (Å²) in [7, 11) is 0. The molecule has 0 saturated heterocycles. The maximum atomic E-state index is 12.9. The van der Waals surface area contributed by atoms with Gasteiger partial charge in [0.05, 0.1) is 17.8 Å². The summed E-state index contributed by atoms with van der Waals surface area (Å²) in [4.78, 5) is 19.7. The Morgan fingerprint density at radius 2 is 1.95 bits per heavy atom. The van der Waals surface area contributed by atoms with E-state index in [2.05, 4.69) is 15.3 Å². The zero-order chi connectivity index (χ0) is 14.8. The third kappa shape index (κ3) is 3.46. The second-order valence-corrected chi connectivity index (χ2v) is 5.06. The second-order valence-electron chi connectivity index (χ2n) is 5.06. The van der Waals surface area contributed by atoms with Crippen molar-refractivity contribution in [2.24, 2.45) is 5.92 Å². The van der Waals surface area contributed by atoms with Crippen molar-refractivity contribution in [3.63, 3.8) is 0 Å². The monoisotopic (exact) mass is 287 g/mol. The minimum atomic E-state index is -4.28. The number of rotatable bonds is 2. The smallest absolute Gasteiger partial charge is 0.347 e. The Morgan fingerprint density at radius 1 is 1.25 bits per heavy atom. The van der Waals surface area contributed by atoms with Crippen LogP contribution in [0.5, 0.6) is 0 Å². The van der Waals surface area contributed by atoms with Crippen molar-refractivity contribution in [1.29, 1.82) is 0 Å². The molecule has 1 fully saturated rings. The van der Waals surface area contributed by atoms with E-state index < -0.39 is 24.0 Å². The highest BCUT2D eigenvalue weighted by Gasteiger charge is 2.46. The van der Waals surface area contributed by atoms with Crippen LogP contribution in [0.3, 0.4) is 0 Å². The molecular weight excluding hydrogens is 271 g/mol. The normalized spacial score (nSPS) is 23.4. The first-order valence-electron chi connectivity index (χ1n) is 6.54. The quantitative estimate of drug-likeness (QED) is 0.909. The van der Waals surface area contributed by atoms with Crippen LogP contribution in [0.15, 0.2) is 12.4 Å². The summed E-state index contributed by atoms with van der Waals surface area (Å²) in [5.74, 6) is -2.07. The van der Waals surface area contributed by atoms with Gasteiger partial charge in [-0.3, -0.25) is 9.78 Å². The van der Waals surface area contributed by atoms with Gasteiger partial charge in [-0.05, 0) is 19.8 Å². The molecule has 20 heavy (non-hydrogen) atoms. The van der Waals surface area contributed by atoms with Crippen molar-refractivity contribution >= 4 is 5.91 Å². The van der Waals surface area contributed by atoms with Crippen LogP contribution in [-0.2, 0) is 0 Å². The van der Waals surface area contributed by atoms with Gasteiger partial charge < -0.3 is 5.32 Å². The molecule has 0 bridgehead atoms. The molecule has 110 valence electrons. The molecule has 1 aliphatic carbocycles. The number of carbonyl (C=O) groups is 1. The molecule has 7 heteroatoms. The summed E-state index contributed by atoms with van der Waals surface area (Å²) in [5, 5.41) is 2.45. The molecule has 2 rings (SSSR count). The van der Waals surface area contributed by atoms with E-state index in [9.17, 15) is 18.0 Å². The number of hydrogen-bond acceptors (Lipinski definition) is 3. The number of aryl methyl sites for hydroxylation is 1. The van der Waals surface area contributed by atoms with Crippen LogP contribution < -0.4 is 5.32 Å². The number of amides is 1. The molecule has 0 aliphatic heterocycles. The first kappa shape index (κ1) is 14.7. The van der Waals surface area contributed by atoms with Crippen LogP contribution in [0.4, 0.5) is 13.2 Å². The largest absolute Gasteiger partial charge is 0.393 e. The highest BCUT2D eigenvalue weighted by molar-refractivity contribution is 5.92. The molecule has 0 spiro atoms. The molecule has 2 atom stereocenters. The molecule has 1 amide bonds. The Bertz CT molecular complexity index is 473. The maximum absolute atomic E-state index is 12.9. The predicted molar refractivity (Wildman–Crippen MR) is 66.0 cm³/mol. The van der Waals surface area contributed by atoms with E-state index in [-0.39, 0.29) is 12.1 Å². The minimum absolute atomic E-state index is 0.0436. The van der Waals surface area contributed by atoms with Crippen LogP contribution in [0.25, 0.3) is 0 Å². The Balaban J connectivity index is 2.07. The van der Waals surface area contributed by atoms with Gasteiger partial charge >= 0.3 is 6.18 Å². The standard InChI is InChI=1S/C13H16F3N3O/c1-8-6-18-11(7-17-8)12(20)19-10-5-3-2-4-9(10)13(14,15)16/h6-7,9-10H,2-5H2,1H3,(H,19,20)/t9-,10+/m0/s1. The van der Waals surface area contributed by atoms with E-state index >= 15 is 0 Å². The van der Waals surface area contributed by atoms with E-state index in [4.69, 9.17) is 0 Å². The molecule has 1 heterocycles. The first-order chi connectivity index (χ1) is 9.38. The summed E-state index contributed by atoms with van der Waals surface area (Å²) in [6.45, 7) is 1.72. The fourth-order valence-electron chi connectivity index (χ4n) is 2.45. The summed E-state index contributed by atoms with van der Waals surface area (Å²) in [6, 6.07) is -0.876. The van der Waals surface area contributed by atoms with Crippen molar-refractivity contribution in [2.45, 2.75) is 44.8 Å². The maximum Gasteiger partial charge on any atom is 0.393 e. The highest BCUT2D eigenvalue weighted by atomic mass is 19.4. The zero-order valence-corrected chi connectivity index (χ0v) is 11.1. The SMILES string of the molecule is Cc1cnc(C(=O)N[C@@H]2CCCC[C@@H]2C(F)(F)F)cn1. The summed E-state index contributed by atoms with van der Waals surface area (Å²) in [6.07, 6.45) is 0.0473. The number of nitrogens with one attached hydrogen (secondary N) is 1. The minimum Gasteiger partial charge on any atom is -0.347 e. The lowest BCUT2D eigenvalue weighted by Gasteiger charge is -2.33. The van der Waals surface area contributed by atoms with Crippen LogP contribution in [0.1, 0.15) is 41.9 Å². The van der Waals surface area contributed by atoms with Crippen LogP contribution in [0.2, 0.25) is 0 Å². The topological polar surface area (TPSA) is 54.9 Å². The molecule has 4 nitrogen and oxygen atoms in total. The Hall–Kier alpha value is -1.66. The molecule has 0 unspecified atom stereocenters. The van der Waals surface area contributed by atoms with E-state index in [1.54, 1.807) is 6.92 Å². The van der Waals surface area contributed by atoms with E-state index in [0.717, 1.165) is 0 Å². The van der Waals surface area contributed by atoms with Gasteiger partial charge in [0.1, 0.15) is 5.69 Å². The Kier molecular flexibility index (Phi) is 4.25. The lowest BCUT2D eigenvalue weighted by atomic mass is 9.84. The van der Waals surface area contributed by atoms with Crippen molar-refractivity contribution in [2.75, 3.05) is 0 Å². The number of hydrogen-bond donors (Lipinski definition) is 1. The third-order valence-electron chi connectivity index (χ3n) is 3.52. The Morgan fingerprint density at radius 3 is 2.55 bits per heavy atom. The summed E-state index contributed by atoms with van der Waals surface area (Å²) < 4.78 is 38.8. The highest BCUT2D eigenvalue weighted by Crippen LogP contribution is 2.37. The number of aromatic nitrogens is 2. The number of carbonyl (C=O) groups excluding carboxylic acids is 1. The van der Waals surface area contributed by atoms with Crippen LogP contribution >= 0.6 is 0 Å². The van der Waals surface area contributed by atoms with Crippen molar-refractivity contribution in [1.82, 2.24) is 15.3 Å². The van der Waals surface area contributed by atoms with Crippen LogP contribution in [-0.4, -0.2) is 28.1 Å². The molecule has 1 aliphatic rings. The molecule has 1 saturated carbocycles. The van der Waals surface area contributed by atoms with Gasteiger partial charge in [0.25, 0.3) is 5.91 Å². The van der Waals surface area contributed by atoms with Crippen LogP contribution in [0, 0.1) is 12.8 Å². The van der Waals surface area contributed by atoms with Crippen molar-refractivity contribution in [3.05, 3.63) is 23.8 Å². The lowest BCUT2D eigenvalue weighted by molar-refractivity contribution is -0.187. The number of alkyl halides is 3. The molecule has 1 aromatic heterocycles. The van der Waals surface area contributed by atoms with Gasteiger partial charge in [0.2, 0.25) is 0 Å². The first-order valence-corrected chi connectivity index (χ1v) is 6.54. The van der Waals surface area contributed by atoms with Crippen molar-refractivity contribution in [3.8, 4) is 0 Å². The number of halogens is 3. The lowest BCUT2D eigenvalue weighted by Crippen LogP contribution is -2.47. The third-order valence-corrected chi connectivity index (χ3v) is 3.52. The van der Waals surface area contributed by atoms with Crippen molar-refractivity contribution < 1.29 is 18.0 Å². The van der Waals surface area contributed by atoms with E-state index in [0.29, 0.717) is 25.0 Å². The summed E-state index contributed by atoms with van der Waals surface area (Å²) in [5.41, 5.74) is 0.689. The molecular formula is C13H16F3N3O. The average Bonchev–Trinajstić information content (AvgIpc) is 2.38. The van der Waals surface area contributed by atoms with Gasteiger partial charge in [0, 0.05) is 12.2 Å². The Labute approximate surface area is 114 Å². The fourth-order valence-corrected chi connectivity index (χ4v) is 2.45. The number of nitrogens with zero attached hydrogens (tertiary/aromatic N) is 2. The zero-order valence-electron chi connectivity index (χ0n) is 11.1.